The maximum Gasteiger partial charge on any atom is 0.124 e. The molecule has 4 heteroatoms. The quantitative estimate of drug-likeness (QED) is 0.790. The second-order valence-corrected chi connectivity index (χ2v) is 17.6. The van der Waals surface area contributed by atoms with Gasteiger partial charge in [0.15, 0.2) is 0 Å². The maximum atomic E-state index is 12.5. The molecule has 94 valence electrons. The van der Waals surface area contributed by atoms with Gasteiger partial charge in [-0.15, -0.1) is 0 Å². The molecule has 1 saturated carbocycles. The van der Waals surface area contributed by atoms with Crippen LogP contribution in [0.4, 0.5) is 0 Å². The van der Waals surface area contributed by atoms with E-state index in [2.05, 4.69) is 39.3 Å². The molecule has 0 unspecified atom stereocenters. The highest BCUT2D eigenvalue weighted by Gasteiger charge is 2.54. The van der Waals surface area contributed by atoms with Crippen LogP contribution in [-0.2, 0) is 4.79 Å². The predicted molar refractivity (Wildman–Crippen MR) is 74.0 cm³/mol. The van der Waals surface area contributed by atoms with Gasteiger partial charge in [0.25, 0.3) is 0 Å². The van der Waals surface area contributed by atoms with Gasteiger partial charge in [0.1, 0.15) is 13.5 Å². The van der Waals surface area contributed by atoms with Crippen LogP contribution in [0.5, 0.6) is 0 Å². The van der Waals surface area contributed by atoms with E-state index in [9.17, 15) is 9.90 Å². The lowest BCUT2D eigenvalue weighted by atomic mass is 10.1. The molecule has 0 aromatic carbocycles. The van der Waals surface area contributed by atoms with E-state index in [0.717, 1.165) is 19.3 Å². The van der Waals surface area contributed by atoms with Crippen LogP contribution >= 0.6 is 0 Å². The maximum absolute atomic E-state index is 12.5. The van der Waals surface area contributed by atoms with Crippen LogP contribution in [-0.4, -0.2) is 31.9 Å². The Kier molecular flexibility index (Phi) is 3.59. The summed E-state index contributed by atoms with van der Waals surface area (Å²) < 4.78 is 0. The van der Waals surface area contributed by atoms with Gasteiger partial charge in [-0.3, -0.25) is 0 Å². The Bertz CT molecular complexity index is 288. The molecule has 1 aliphatic carbocycles. The summed E-state index contributed by atoms with van der Waals surface area (Å²) in [6.07, 6.45) is 2.76. The van der Waals surface area contributed by atoms with Crippen molar-refractivity contribution in [3.05, 3.63) is 0 Å². The first kappa shape index (κ1) is 14.1. The van der Waals surface area contributed by atoms with Gasteiger partial charge in [0, 0.05) is 5.92 Å². The Labute approximate surface area is 101 Å². The minimum atomic E-state index is -1.77. The number of carbonyl (C=O) groups excluding carboxylic acids is 1. The van der Waals surface area contributed by atoms with E-state index in [1.807, 2.05) is 0 Å². The summed E-state index contributed by atoms with van der Waals surface area (Å²) in [4.78, 5) is 12.5. The monoisotopic (exact) mass is 258 g/mol. The summed E-state index contributed by atoms with van der Waals surface area (Å²) in [5.41, 5.74) is 0. The van der Waals surface area contributed by atoms with E-state index >= 15 is 0 Å². The van der Waals surface area contributed by atoms with Gasteiger partial charge in [-0.25, -0.2) is 0 Å². The van der Waals surface area contributed by atoms with Crippen LogP contribution in [0, 0.1) is 5.92 Å². The Morgan fingerprint density at radius 3 is 2.06 bits per heavy atom. The molecule has 0 aromatic rings. The zero-order valence-electron chi connectivity index (χ0n) is 11.6. The van der Waals surface area contributed by atoms with Crippen LogP contribution in [0.1, 0.15) is 19.3 Å². The van der Waals surface area contributed by atoms with Gasteiger partial charge < -0.3 is 9.90 Å². The summed E-state index contributed by atoms with van der Waals surface area (Å²) in [7, 11) is -3.47. The lowest BCUT2D eigenvalue weighted by Crippen LogP contribution is -2.59. The van der Waals surface area contributed by atoms with Crippen molar-refractivity contribution in [1.82, 2.24) is 0 Å². The molecule has 0 radical (unpaired) electrons. The molecule has 1 fully saturated rings. The number of rotatable bonds is 3. The minimum Gasteiger partial charge on any atom is -0.393 e. The fourth-order valence-corrected chi connectivity index (χ4v) is 6.58. The molecule has 1 N–H and O–H groups in total. The molecule has 2 nitrogen and oxygen atoms in total. The van der Waals surface area contributed by atoms with E-state index in [0.29, 0.717) is 5.41 Å². The second kappa shape index (κ2) is 4.07. The van der Waals surface area contributed by atoms with E-state index in [-0.39, 0.29) is 5.92 Å². The fraction of sp³-hybridized carbons (Fsp3) is 0.917. The number of hydrogen-bond donors (Lipinski definition) is 1. The molecule has 0 amide bonds. The van der Waals surface area contributed by atoms with Crippen LogP contribution in [0.15, 0.2) is 0 Å². The van der Waals surface area contributed by atoms with Crippen molar-refractivity contribution in [2.24, 2.45) is 5.92 Å². The van der Waals surface area contributed by atoms with Crippen LogP contribution < -0.4 is 0 Å². The number of hydrogen-bond acceptors (Lipinski definition) is 2. The highest BCUT2D eigenvalue weighted by Crippen LogP contribution is 2.43. The van der Waals surface area contributed by atoms with Gasteiger partial charge in [-0.1, -0.05) is 45.7 Å². The highest BCUT2D eigenvalue weighted by atomic mass is 28.3. The van der Waals surface area contributed by atoms with E-state index in [4.69, 9.17) is 0 Å². The summed E-state index contributed by atoms with van der Waals surface area (Å²) in [6.45, 7) is 12.8. The summed E-state index contributed by atoms with van der Waals surface area (Å²) >= 11 is 0. The fourth-order valence-electron chi connectivity index (χ4n) is 2.76. The van der Waals surface area contributed by atoms with Gasteiger partial charge in [0.2, 0.25) is 0 Å². The Morgan fingerprint density at radius 2 is 1.69 bits per heavy atom. The summed E-state index contributed by atoms with van der Waals surface area (Å²) in [6, 6.07) is 0. The lowest BCUT2D eigenvalue weighted by molar-refractivity contribution is -0.120. The minimum absolute atomic E-state index is 0.0640. The smallest absolute Gasteiger partial charge is 0.124 e. The third-order valence-electron chi connectivity index (χ3n) is 3.98. The molecule has 1 rings (SSSR count). The molecule has 1 aliphatic rings. The molecule has 0 spiro atoms. The summed E-state index contributed by atoms with van der Waals surface area (Å²) in [5, 5.41) is 10.6. The van der Waals surface area contributed by atoms with E-state index in [1.165, 1.54) is 0 Å². The van der Waals surface area contributed by atoms with Crippen molar-refractivity contribution < 1.29 is 9.90 Å². The molecule has 0 heterocycles. The zero-order valence-corrected chi connectivity index (χ0v) is 13.6. The molecule has 0 aromatic heterocycles. The SMILES string of the molecule is C[Si](C)(C)C(=O)[C@@H]1CCC[C@@]1(O)[Si](C)(C)C. The van der Waals surface area contributed by atoms with Gasteiger partial charge in [-0.2, -0.15) is 0 Å². The normalized spacial score (nSPS) is 31.8. The van der Waals surface area contributed by atoms with Crippen LogP contribution in [0.3, 0.4) is 0 Å². The molecule has 0 aliphatic heterocycles. The van der Waals surface area contributed by atoms with Crippen molar-refractivity contribution in [3.63, 3.8) is 0 Å². The largest absolute Gasteiger partial charge is 0.393 e. The van der Waals surface area contributed by atoms with Gasteiger partial charge in [0.05, 0.1) is 13.3 Å². The average Bonchev–Trinajstić information content (AvgIpc) is 2.44. The van der Waals surface area contributed by atoms with Crippen LogP contribution in [0.25, 0.3) is 0 Å². The topological polar surface area (TPSA) is 37.3 Å². The average molecular weight is 259 g/mol. The summed E-state index contributed by atoms with van der Waals surface area (Å²) in [5.74, 6) is -0.0640. The molecule has 2 atom stereocenters. The van der Waals surface area contributed by atoms with Gasteiger partial charge in [-0.05, 0) is 12.8 Å². The first-order valence-corrected chi connectivity index (χ1v) is 13.3. The van der Waals surface area contributed by atoms with E-state index < -0.39 is 21.4 Å². The molecular formula is C12H26O2Si2. The molecular weight excluding hydrogens is 232 g/mol. The highest BCUT2D eigenvalue weighted by molar-refractivity contribution is 7.04. The van der Waals surface area contributed by atoms with Crippen molar-refractivity contribution in [2.75, 3.05) is 0 Å². The lowest BCUT2D eigenvalue weighted by Gasteiger charge is -2.41. The Morgan fingerprint density at radius 1 is 1.19 bits per heavy atom. The first-order valence-electron chi connectivity index (χ1n) is 6.27. The molecule has 0 bridgehead atoms. The predicted octanol–water partition coefficient (Wildman–Crippen LogP) is 2.84. The van der Waals surface area contributed by atoms with Crippen molar-refractivity contribution in [1.29, 1.82) is 0 Å². The third kappa shape index (κ3) is 2.33. The number of aliphatic hydroxyl groups is 1. The number of carbonyl (C=O) groups is 1. The third-order valence-corrected chi connectivity index (χ3v) is 9.00. The molecule has 0 saturated heterocycles. The molecule has 16 heavy (non-hydrogen) atoms. The van der Waals surface area contributed by atoms with Crippen LogP contribution in [0.2, 0.25) is 39.3 Å². The van der Waals surface area contributed by atoms with Gasteiger partial charge >= 0.3 is 0 Å². The zero-order chi connectivity index (χ0) is 12.8. The standard InChI is InChI=1S/C12H26O2Si2/c1-15(2,3)11(13)10-8-7-9-12(10,14)16(4,5)6/h10,14H,7-9H2,1-6H3/t10-,12+/m0/s1. The van der Waals surface area contributed by atoms with Crippen molar-refractivity contribution in [3.8, 4) is 0 Å². The second-order valence-electron chi connectivity index (χ2n) is 7.23. The van der Waals surface area contributed by atoms with Crippen molar-refractivity contribution >= 4 is 21.6 Å². The Hall–Kier alpha value is 0.0638. The van der Waals surface area contributed by atoms with E-state index in [1.54, 1.807) is 0 Å². The first-order chi connectivity index (χ1) is 7.00. The Balaban J connectivity index is 3.02. The van der Waals surface area contributed by atoms with Crippen molar-refractivity contribution in [2.45, 2.75) is 63.8 Å².